The van der Waals surface area contributed by atoms with Gasteiger partial charge in [-0.05, 0) is 49.6 Å². The van der Waals surface area contributed by atoms with Crippen LogP contribution in [-0.2, 0) is 26.2 Å². The molecule has 3 aromatic carbocycles. The van der Waals surface area contributed by atoms with Crippen molar-refractivity contribution in [3.05, 3.63) is 83.9 Å². The Balaban J connectivity index is 2.10. The van der Waals surface area contributed by atoms with Crippen molar-refractivity contribution < 1.29 is 27.5 Å². The summed E-state index contributed by atoms with van der Waals surface area (Å²) in [5, 5.41) is 2.88. The fourth-order valence-electron chi connectivity index (χ4n) is 4.41. The number of nitrogens with one attached hydrogen (secondary N) is 1. The lowest BCUT2D eigenvalue weighted by atomic mass is 10.1. The third-order valence-corrected chi connectivity index (χ3v) is 8.46. The molecule has 0 heterocycles. The van der Waals surface area contributed by atoms with Crippen molar-refractivity contribution in [3.8, 4) is 11.5 Å². The van der Waals surface area contributed by atoms with Gasteiger partial charge in [0.15, 0.2) is 11.5 Å². The van der Waals surface area contributed by atoms with Gasteiger partial charge in [0.1, 0.15) is 12.6 Å². The number of nitrogens with zero attached hydrogens (tertiary/aromatic N) is 2. The molecule has 0 radical (unpaired) electrons. The Morgan fingerprint density at radius 3 is 2.15 bits per heavy atom. The molecule has 0 aliphatic carbocycles. The third kappa shape index (κ3) is 7.79. The van der Waals surface area contributed by atoms with E-state index in [4.69, 9.17) is 9.47 Å². The number of sulfonamides is 1. The van der Waals surface area contributed by atoms with Crippen LogP contribution in [0.5, 0.6) is 11.5 Å². The van der Waals surface area contributed by atoms with E-state index in [1.54, 1.807) is 24.3 Å². The van der Waals surface area contributed by atoms with Crippen molar-refractivity contribution in [2.45, 2.75) is 51.1 Å². The molecule has 0 unspecified atom stereocenters. The van der Waals surface area contributed by atoms with Gasteiger partial charge in [-0.2, -0.15) is 0 Å². The Morgan fingerprint density at radius 1 is 0.902 bits per heavy atom. The molecule has 0 aromatic heterocycles. The second-order valence-electron chi connectivity index (χ2n) is 9.59. The molecule has 1 atom stereocenters. The average Bonchev–Trinajstić information content (AvgIpc) is 2.98. The predicted octanol–water partition coefficient (Wildman–Crippen LogP) is 4.54. The van der Waals surface area contributed by atoms with Crippen LogP contribution in [0.1, 0.15) is 37.8 Å². The molecule has 3 rings (SSSR count). The van der Waals surface area contributed by atoms with E-state index < -0.39 is 28.5 Å². The van der Waals surface area contributed by atoms with Gasteiger partial charge in [-0.15, -0.1) is 0 Å². The van der Waals surface area contributed by atoms with Crippen molar-refractivity contribution >= 4 is 27.5 Å². The number of amides is 2. The molecule has 10 heteroatoms. The summed E-state index contributed by atoms with van der Waals surface area (Å²) >= 11 is 0. The molecule has 9 nitrogen and oxygen atoms in total. The number of hydrogen-bond donors (Lipinski definition) is 1. The maximum atomic E-state index is 14.1. The van der Waals surface area contributed by atoms with Gasteiger partial charge in [0.05, 0.1) is 24.8 Å². The van der Waals surface area contributed by atoms with Crippen molar-refractivity contribution in [1.29, 1.82) is 0 Å². The Labute approximate surface area is 243 Å². The molecule has 1 N–H and O–H groups in total. The van der Waals surface area contributed by atoms with E-state index in [0.717, 1.165) is 21.9 Å². The molecule has 0 fully saturated rings. The van der Waals surface area contributed by atoms with E-state index in [0.29, 0.717) is 24.5 Å². The number of hydrogen-bond acceptors (Lipinski definition) is 6. The molecule has 3 aromatic rings. The molecule has 220 valence electrons. The number of ether oxygens (including phenoxy) is 2. The van der Waals surface area contributed by atoms with Crippen LogP contribution in [0.2, 0.25) is 0 Å². The highest BCUT2D eigenvalue weighted by molar-refractivity contribution is 7.92. The minimum atomic E-state index is -4.19. The molecule has 0 spiro atoms. The molecular weight excluding hydrogens is 542 g/mol. The number of methoxy groups -OCH3 is 2. The zero-order chi connectivity index (χ0) is 30.0. The number of aryl methyl sites for hydroxylation is 1. The Kier molecular flexibility index (Phi) is 11.2. The lowest BCUT2D eigenvalue weighted by molar-refractivity contribution is -0.140. The monoisotopic (exact) mass is 581 g/mol. The van der Waals surface area contributed by atoms with Gasteiger partial charge in [-0.3, -0.25) is 13.9 Å². The van der Waals surface area contributed by atoms with E-state index in [9.17, 15) is 18.0 Å². The maximum Gasteiger partial charge on any atom is 0.264 e. The molecule has 0 aliphatic rings. The molecule has 2 amide bonds. The summed E-state index contributed by atoms with van der Waals surface area (Å²) in [5.74, 6) is -0.0665. The van der Waals surface area contributed by atoms with E-state index in [1.165, 1.54) is 37.3 Å². The van der Waals surface area contributed by atoms with Crippen LogP contribution in [0, 0.1) is 6.92 Å². The first-order chi connectivity index (χ1) is 19.7. The summed E-state index contributed by atoms with van der Waals surface area (Å²) < 4.78 is 39.9. The molecule has 0 aliphatic heterocycles. The summed E-state index contributed by atoms with van der Waals surface area (Å²) in [7, 11) is -1.26. The van der Waals surface area contributed by atoms with Crippen molar-refractivity contribution in [1.82, 2.24) is 10.2 Å². The number of carbonyl (C=O) groups is 2. The van der Waals surface area contributed by atoms with Crippen LogP contribution in [0.4, 0.5) is 5.69 Å². The lowest BCUT2D eigenvalue weighted by Gasteiger charge is -2.33. The number of carbonyl (C=O) groups excluding carboxylic acids is 2. The molecule has 0 saturated carbocycles. The first-order valence-corrected chi connectivity index (χ1v) is 15.0. The Hall–Kier alpha value is -4.05. The van der Waals surface area contributed by atoms with Crippen LogP contribution in [-0.4, -0.2) is 58.5 Å². The highest BCUT2D eigenvalue weighted by atomic mass is 32.2. The van der Waals surface area contributed by atoms with E-state index >= 15 is 0 Å². The number of benzene rings is 3. The standard InChI is InChI=1S/C31H39N3O6S/c1-6-19-32-31(36)27(7-2)33(21-24-11-9-8-10-12-24)30(35)22-34(25-15-18-28(39-4)29(20-25)40-5)41(37,38)26-16-13-23(3)14-17-26/h8-18,20,27H,6-7,19,21-22H2,1-5H3,(H,32,36)/t27-/m0/s1. The minimum absolute atomic E-state index is 0.0352. The molecular formula is C31H39N3O6S. The van der Waals surface area contributed by atoms with Gasteiger partial charge in [0.2, 0.25) is 11.8 Å². The topological polar surface area (TPSA) is 105 Å². The van der Waals surface area contributed by atoms with E-state index in [1.807, 2.05) is 51.1 Å². The minimum Gasteiger partial charge on any atom is -0.493 e. The highest BCUT2D eigenvalue weighted by Crippen LogP contribution is 2.34. The van der Waals surface area contributed by atoms with E-state index in [2.05, 4.69) is 5.32 Å². The van der Waals surface area contributed by atoms with Crippen molar-refractivity contribution in [3.63, 3.8) is 0 Å². The molecule has 0 saturated heterocycles. The van der Waals surface area contributed by atoms with Gasteiger partial charge in [0, 0.05) is 19.2 Å². The molecule has 41 heavy (non-hydrogen) atoms. The van der Waals surface area contributed by atoms with Crippen LogP contribution in [0.15, 0.2) is 77.7 Å². The van der Waals surface area contributed by atoms with Gasteiger partial charge in [0.25, 0.3) is 10.0 Å². The number of anilines is 1. The Bertz CT molecular complexity index is 1410. The maximum absolute atomic E-state index is 14.1. The van der Waals surface area contributed by atoms with Gasteiger partial charge < -0.3 is 19.7 Å². The Morgan fingerprint density at radius 2 is 1.56 bits per heavy atom. The quantitative estimate of drug-likeness (QED) is 0.300. The fraction of sp³-hybridized carbons (Fsp3) is 0.355. The van der Waals surface area contributed by atoms with Gasteiger partial charge in [-0.25, -0.2) is 8.42 Å². The predicted molar refractivity (Wildman–Crippen MR) is 160 cm³/mol. The van der Waals surface area contributed by atoms with Gasteiger partial charge >= 0.3 is 0 Å². The normalized spacial score (nSPS) is 11.8. The smallest absolute Gasteiger partial charge is 0.264 e. The van der Waals surface area contributed by atoms with Crippen molar-refractivity contribution in [2.75, 3.05) is 31.6 Å². The van der Waals surface area contributed by atoms with Crippen LogP contribution < -0.4 is 19.1 Å². The van der Waals surface area contributed by atoms with Crippen LogP contribution in [0.3, 0.4) is 0 Å². The summed E-state index contributed by atoms with van der Waals surface area (Å²) in [6, 6.07) is 19.6. The summed E-state index contributed by atoms with van der Waals surface area (Å²) in [5.41, 5.74) is 1.94. The third-order valence-electron chi connectivity index (χ3n) is 6.67. The summed E-state index contributed by atoms with van der Waals surface area (Å²) in [4.78, 5) is 28.8. The SMILES string of the molecule is CCCNC(=O)[C@H](CC)N(Cc1ccccc1)C(=O)CN(c1ccc(OC)c(OC)c1)S(=O)(=O)c1ccc(C)cc1. The molecule has 0 bridgehead atoms. The summed E-state index contributed by atoms with van der Waals surface area (Å²) in [6.07, 6.45) is 1.10. The fourth-order valence-corrected chi connectivity index (χ4v) is 5.82. The highest BCUT2D eigenvalue weighted by Gasteiger charge is 2.34. The largest absolute Gasteiger partial charge is 0.493 e. The second kappa shape index (κ2) is 14.5. The zero-order valence-electron chi connectivity index (χ0n) is 24.3. The lowest BCUT2D eigenvalue weighted by Crippen LogP contribution is -2.52. The van der Waals surface area contributed by atoms with Crippen LogP contribution in [0.25, 0.3) is 0 Å². The van der Waals surface area contributed by atoms with Crippen molar-refractivity contribution in [2.24, 2.45) is 0 Å². The summed E-state index contributed by atoms with van der Waals surface area (Å²) in [6.45, 7) is 5.73. The van der Waals surface area contributed by atoms with Gasteiger partial charge in [-0.1, -0.05) is 61.9 Å². The first-order valence-electron chi connectivity index (χ1n) is 13.6. The second-order valence-corrected chi connectivity index (χ2v) is 11.4. The van der Waals surface area contributed by atoms with Crippen LogP contribution >= 0.6 is 0 Å². The number of rotatable bonds is 14. The first kappa shape index (κ1) is 31.5. The zero-order valence-corrected chi connectivity index (χ0v) is 25.1. The van der Waals surface area contributed by atoms with E-state index in [-0.39, 0.29) is 23.0 Å². The average molecular weight is 582 g/mol.